The third-order valence-electron chi connectivity index (χ3n) is 10.5. The molecule has 4 aromatic heterocycles. The molecular weight excluding hydrogens is 950 g/mol. The number of pyridine rings is 4. The number of aromatic hydroxyl groups is 2. The smallest absolute Gasteiger partial charge is 0.340 e. The Bertz CT molecular complexity index is 2440. The van der Waals surface area contributed by atoms with Crippen molar-refractivity contribution in [3.8, 4) is 23.0 Å². The maximum Gasteiger partial charge on any atom is 0.340 e. The molecule has 6 heterocycles. The molecule has 0 aliphatic carbocycles. The monoisotopic (exact) mass is 986 g/mol. The second kappa shape index (κ2) is 21.0. The fraction of sp³-hybridized carbons (Fsp3) is 0.152. The van der Waals surface area contributed by atoms with E-state index in [0.717, 1.165) is 22.8 Å². The van der Waals surface area contributed by atoms with E-state index in [9.17, 15) is 15.0 Å². The van der Waals surface area contributed by atoms with Gasteiger partial charge in [-0.2, -0.15) is 0 Å². The predicted octanol–water partition coefficient (Wildman–Crippen LogP) is 7.30. The van der Waals surface area contributed by atoms with E-state index in [2.05, 4.69) is 29.7 Å². The number of hydrogen-bond donors (Lipinski definition) is 2. The molecule has 0 saturated carbocycles. The van der Waals surface area contributed by atoms with Gasteiger partial charge in [-0.3, -0.25) is 29.7 Å². The Morgan fingerprint density at radius 1 is 0.524 bits per heavy atom. The topological polar surface area (TPSA) is 197 Å². The molecule has 0 amide bonds. The SMILES string of the molecule is O.O.O=C1OC2(c3ccccc31)c1cc(Cl)c(O)c(CN(Cc3ccccn3)Cc3ccccn3)c1Oc1c2cc(Cl)c(O)c1CN(Cc1ccccn1)Cc1ccccn1.[Zn].[Zn]. The zero-order valence-corrected chi connectivity index (χ0v) is 41.4. The summed E-state index contributed by atoms with van der Waals surface area (Å²) in [7, 11) is 0. The number of benzene rings is 3. The summed E-state index contributed by atoms with van der Waals surface area (Å²) in [6, 6.07) is 33.0. The minimum Gasteiger partial charge on any atom is -0.506 e. The van der Waals surface area contributed by atoms with Crippen LogP contribution in [0.15, 0.2) is 134 Å². The Morgan fingerprint density at radius 3 is 1.25 bits per heavy atom. The second-order valence-electron chi connectivity index (χ2n) is 14.4. The number of esters is 1. The van der Waals surface area contributed by atoms with Gasteiger partial charge in [0.05, 0.1) is 49.5 Å². The summed E-state index contributed by atoms with van der Waals surface area (Å²) in [6.45, 7) is 1.77. The van der Waals surface area contributed by atoms with Gasteiger partial charge in [-0.05, 0) is 66.7 Å². The Kier molecular flexibility index (Phi) is 16.3. The van der Waals surface area contributed by atoms with Gasteiger partial charge in [0.1, 0.15) is 23.0 Å². The van der Waals surface area contributed by atoms with E-state index in [4.69, 9.17) is 32.7 Å². The minimum atomic E-state index is -1.63. The van der Waals surface area contributed by atoms with E-state index >= 15 is 0 Å². The Balaban J connectivity index is 0.00000187. The molecule has 17 heteroatoms. The van der Waals surface area contributed by atoms with Crippen molar-refractivity contribution < 1.29 is 74.4 Å². The van der Waals surface area contributed by atoms with Gasteiger partial charge in [-0.1, -0.05) is 65.7 Å². The number of hydrogen-bond acceptors (Lipinski definition) is 11. The van der Waals surface area contributed by atoms with Crippen molar-refractivity contribution in [3.63, 3.8) is 0 Å². The van der Waals surface area contributed by atoms with Crippen molar-refractivity contribution in [3.05, 3.63) is 200 Å². The van der Waals surface area contributed by atoms with Crippen LogP contribution in [0.4, 0.5) is 0 Å². The molecule has 0 bridgehead atoms. The maximum atomic E-state index is 13.9. The molecule has 63 heavy (non-hydrogen) atoms. The molecule has 7 aromatic rings. The van der Waals surface area contributed by atoms with Gasteiger partial charge >= 0.3 is 5.97 Å². The first-order valence-electron chi connectivity index (χ1n) is 18.9. The first-order valence-corrected chi connectivity index (χ1v) is 19.7. The second-order valence-corrected chi connectivity index (χ2v) is 15.2. The van der Waals surface area contributed by atoms with Crippen molar-refractivity contribution in [1.29, 1.82) is 0 Å². The van der Waals surface area contributed by atoms with Crippen LogP contribution < -0.4 is 4.74 Å². The summed E-state index contributed by atoms with van der Waals surface area (Å²) in [5, 5.41) is 23.9. The maximum absolute atomic E-state index is 13.9. The zero-order chi connectivity index (χ0) is 40.5. The number of fused-ring (bicyclic) bond motifs is 6. The van der Waals surface area contributed by atoms with Crippen molar-refractivity contribution in [2.75, 3.05) is 0 Å². The molecule has 0 saturated heterocycles. The van der Waals surface area contributed by atoms with Crippen LogP contribution in [0.2, 0.25) is 10.0 Å². The van der Waals surface area contributed by atoms with Crippen molar-refractivity contribution in [1.82, 2.24) is 29.7 Å². The number of rotatable bonds is 12. The van der Waals surface area contributed by atoms with E-state index in [0.29, 0.717) is 59.6 Å². The molecule has 314 valence electrons. The Morgan fingerprint density at radius 2 is 0.889 bits per heavy atom. The summed E-state index contributed by atoms with van der Waals surface area (Å²) < 4.78 is 13.5. The molecule has 9 rings (SSSR count). The molecule has 0 atom stereocenters. The summed E-state index contributed by atoms with van der Waals surface area (Å²) in [4.78, 5) is 36.4. The number of phenols is 2. The third kappa shape index (κ3) is 9.67. The summed E-state index contributed by atoms with van der Waals surface area (Å²) in [6.07, 6.45) is 6.92. The Labute approximate surface area is 398 Å². The van der Waals surface area contributed by atoms with Crippen LogP contribution in [0.5, 0.6) is 23.0 Å². The number of aromatic nitrogens is 4. The van der Waals surface area contributed by atoms with Crippen LogP contribution in [0.25, 0.3) is 0 Å². The number of nitrogens with zero attached hydrogens (tertiary/aromatic N) is 6. The number of carbonyl (C=O) groups excluding carboxylic acids is 1. The van der Waals surface area contributed by atoms with Gasteiger partial charge in [0.2, 0.25) is 0 Å². The normalized spacial score (nSPS) is 12.7. The van der Waals surface area contributed by atoms with E-state index < -0.39 is 11.6 Å². The first-order chi connectivity index (χ1) is 28.8. The first kappa shape index (κ1) is 48.8. The zero-order valence-electron chi connectivity index (χ0n) is 33.9. The quantitative estimate of drug-likeness (QED) is 0.0921. The average molecular weight is 991 g/mol. The third-order valence-corrected chi connectivity index (χ3v) is 11.1. The molecule has 0 unspecified atom stereocenters. The largest absolute Gasteiger partial charge is 0.506 e. The van der Waals surface area contributed by atoms with Crippen molar-refractivity contribution in [2.24, 2.45) is 0 Å². The van der Waals surface area contributed by atoms with Crippen LogP contribution in [-0.2, 0) is 88.6 Å². The predicted molar refractivity (Wildman–Crippen MR) is 228 cm³/mol. The fourth-order valence-electron chi connectivity index (χ4n) is 7.93. The van der Waals surface area contributed by atoms with E-state index in [1.54, 1.807) is 49.1 Å². The van der Waals surface area contributed by atoms with Gasteiger partial charge < -0.3 is 30.6 Å². The molecule has 3 aromatic carbocycles. The summed E-state index contributed by atoms with van der Waals surface area (Å²) in [5.74, 6) is -0.532. The van der Waals surface area contributed by atoms with E-state index in [1.807, 2.05) is 84.9 Å². The number of phenolic OH excluding ortho intramolecular Hbond substituents is 2. The van der Waals surface area contributed by atoms with Crippen LogP contribution >= 0.6 is 23.2 Å². The average Bonchev–Trinajstić information content (AvgIpc) is 3.55. The van der Waals surface area contributed by atoms with Gasteiger partial charge in [0.15, 0.2) is 5.60 Å². The molecular formula is C46H40Cl2N6O7Zn2. The molecule has 13 nitrogen and oxygen atoms in total. The number of ether oxygens (including phenoxy) is 2. The molecule has 1 spiro atoms. The van der Waals surface area contributed by atoms with E-state index in [1.165, 1.54) is 0 Å². The number of halogens is 2. The van der Waals surface area contributed by atoms with Crippen molar-refractivity contribution in [2.45, 2.75) is 44.9 Å². The molecule has 0 fully saturated rings. The van der Waals surface area contributed by atoms with Crippen LogP contribution in [0.3, 0.4) is 0 Å². The fourth-order valence-corrected chi connectivity index (χ4v) is 8.38. The van der Waals surface area contributed by atoms with Gasteiger partial charge in [-0.15, -0.1) is 0 Å². The van der Waals surface area contributed by atoms with Crippen molar-refractivity contribution >= 4 is 29.2 Å². The van der Waals surface area contributed by atoms with Crippen LogP contribution in [0.1, 0.15) is 61.0 Å². The van der Waals surface area contributed by atoms with Gasteiger partial charge in [0.25, 0.3) is 0 Å². The summed E-state index contributed by atoms with van der Waals surface area (Å²) in [5.41, 5.74) is 3.89. The molecule has 2 aliphatic rings. The molecule has 2 aliphatic heterocycles. The van der Waals surface area contributed by atoms with Crippen LogP contribution in [0, 0.1) is 0 Å². The van der Waals surface area contributed by atoms with E-state index in [-0.39, 0.29) is 96.0 Å². The molecule has 0 radical (unpaired) electrons. The summed E-state index contributed by atoms with van der Waals surface area (Å²) >= 11 is 13.9. The molecule has 6 N–H and O–H groups in total. The van der Waals surface area contributed by atoms with Gasteiger partial charge in [0, 0.05) is 120 Å². The Hall–Kier alpha value is -5.20. The van der Waals surface area contributed by atoms with Crippen LogP contribution in [-0.4, -0.2) is 56.9 Å². The standard InChI is InChI=1S/C46H36Cl2N6O5.2H2O.2Zn/c47-39-21-37-43(34(41(39)55)27-53(23-29-11-3-7-17-49-29)24-30-12-4-8-18-50-30)58-44-35(28-54(25-31-13-5-9-19-51-31)26-32-14-6-10-20-52-32)42(56)40(48)22-38(44)46(37)36-16-2-1-15-33(36)45(57)59-46;;;;/h1-22,55-56H,23-28H2;2*1H2;;. The number of carbonyl (C=O) groups is 1. The van der Waals surface area contributed by atoms with Gasteiger partial charge in [-0.25, -0.2) is 4.79 Å². The minimum absolute atomic E-state index is 0.